The van der Waals surface area contributed by atoms with Gasteiger partial charge in [0.15, 0.2) is 0 Å². The first-order chi connectivity index (χ1) is 9.51. The van der Waals surface area contributed by atoms with Gasteiger partial charge in [-0.15, -0.1) is 0 Å². The predicted molar refractivity (Wildman–Crippen MR) is 80.7 cm³/mol. The van der Waals surface area contributed by atoms with Crippen LogP contribution in [0.3, 0.4) is 0 Å². The maximum atomic E-state index is 4.64. The highest BCUT2D eigenvalue weighted by Crippen LogP contribution is 2.18. The van der Waals surface area contributed by atoms with E-state index in [2.05, 4.69) is 54.6 Å². The predicted octanol–water partition coefficient (Wildman–Crippen LogP) is 2.40. The van der Waals surface area contributed by atoms with Crippen molar-refractivity contribution < 1.29 is 0 Å². The van der Waals surface area contributed by atoms with Crippen LogP contribution in [0.4, 0.5) is 0 Å². The Morgan fingerprint density at radius 2 is 2.05 bits per heavy atom. The molecule has 0 aliphatic rings. The average Bonchev–Trinajstić information content (AvgIpc) is 2.95. The monoisotopic (exact) mass is 275 g/mol. The van der Waals surface area contributed by atoms with Gasteiger partial charge in [-0.1, -0.05) is 6.92 Å². The number of hydrogen-bond acceptors (Lipinski definition) is 3. The first kappa shape index (κ1) is 14.8. The van der Waals surface area contributed by atoms with Gasteiger partial charge in [-0.05, 0) is 39.4 Å². The van der Waals surface area contributed by atoms with Gasteiger partial charge in [-0.2, -0.15) is 10.2 Å². The van der Waals surface area contributed by atoms with Crippen LogP contribution < -0.4 is 5.32 Å². The number of aryl methyl sites for hydroxylation is 2. The molecule has 2 heterocycles. The zero-order chi connectivity index (χ0) is 14.7. The quantitative estimate of drug-likeness (QED) is 0.880. The summed E-state index contributed by atoms with van der Waals surface area (Å²) in [4.78, 5) is 0. The fraction of sp³-hybridized carbons (Fsp3) is 0.600. The van der Waals surface area contributed by atoms with Crippen molar-refractivity contribution in [3.05, 3.63) is 35.4 Å². The van der Waals surface area contributed by atoms with Crippen LogP contribution in [0, 0.1) is 6.92 Å². The molecule has 1 unspecified atom stereocenters. The van der Waals surface area contributed by atoms with Crippen LogP contribution in [0.2, 0.25) is 0 Å². The molecular formula is C15H25N5. The highest BCUT2D eigenvalue weighted by atomic mass is 15.3. The van der Waals surface area contributed by atoms with Crippen LogP contribution >= 0.6 is 0 Å². The van der Waals surface area contributed by atoms with Crippen molar-refractivity contribution in [2.45, 2.75) is 46.2 Å². The molecule has 1 N–H and O–H groups in total. The summed E-state index contributed by atoms with van der Waals surface area (Å²) in [5.74, 6) is 0. The van der Waals surface area contributed by atoms with Crippen molar-refractivity contribution in [2.24, 2.45) is 7.05 Å². The third-order valence-corrected chi connectivity index (χ3v) is 3.45. The number of aromatic nitrogens is 4. The van der Waals surface area contributed by atoms with Crippen molar-refractivity contribution in [2.75, 3.05) is 6.54 Å². The van der Waals surface area contributed by atoms with E-state index in [0.717, 1.165) is 24.4 Å². The Hall–Kier alpha value is -1.62. The molecular weight excluding hydrogens is 250 g/mol. The van der Waals surface area contributed by atoms with E-state index >= 15 is 0 Å². The lowest BCUT2D eigenvalue weighted by Crippen LogP contribution is -2.25. The van der Waals surface area contributed by atoms with E-state index in [1.165, 1.54) is 5.69 Å². The van der Waals surface area contributed by atoms with E-state index in [-0.39, 0.29) is 6.04 Å². The standard InChI is InChI=1S/C15H25N5/c1-6-16-14(15-9-12(4)17-19(15)5)10-13-7-8-20(18-13)11(2)3/h7-9,11,14,16H,6,10H2,1-5H3. The van der Waals surface area contributed by atoms with Crippen molar-refractivity contribution in [3.8, 4) is 0 Å². The zero-order valence-electron chi connectivity index (χ0n) is 13.1. The second-order valence-electron chi connectivity index (χ2n) is 5.53. The van der Waals surface area contributed by atoms with Crippen LogP contribution in [-0.2, 0) is 13.5 Å². The molecule has 1 atom stereocenters. The Labute approximate surface area is 121 Å². The summed E-state index contributed by atoms with van der Waals surface area (Å²) in [6.07, 6.45) is 2.93. The summed E-state index contributed by atoms with van der Waals surface area (Å²) < 4.78 is 3.97. The minimum Gasteiger partial charge on any atom is -0.309 e. The molecule has 0 spiro atoms. The van der Waals surface area contributed by atoms with Gasteiger partial charge in [0.2, 0.25) is 0 Å². The largest absolute Gasteiger partial charge is 0.309 e. The Balaban J connectivity index is 2.18. The normalized spacial score (nSPS) is 13.1. The Bertz CT molecular complexity index is 552. The first-order valence-electron chi connectivity index (χ1n) is 7.29. The molecule has 5 heteroatoms. The molecule has 2 rings (SSSR count). The van der Waals surface area contributed by atoms with Crippen molar-refractivity contribution in [1.29, 1.82) is 0 Å². The van der Waals surface area contributed by atoms with Crippen LogP contribution in [-0.4, -0.2) is 26.1 Å². The number of likely N-dealkylation sites (N-methyl/N-ethyl adjacent to an activating group) is 1. The van der Waals surface area contributed by atoms with Crippen LogP contribution in [0.25, 0.3) is 0 Å². The summed E-state index contributed by atoms with van der Waals surface area (Å²) >= 11 is 0. The lowest BCUT2D eigenvalue weighted by Gasteiger charge is -2.17. The third kappa shape index (κ3) is 3.28. The fourth-order valence-corrected chi connectivity index (χ4v) is 2.47. The van der Waals surface area contributed by atoms with Crippen LogP contribution in [0.5, 0.6) is 0 Å². The smallest absolute Gasteiger partial charge is 0.0644 e. The molecule has 20 heavy (non-hydrogen) atoms. The lowest BCUT2D eigenvalue weighted by molar-refractivity contribution is 0.487. The number of nitrogens with one attached hydrogen (secondary N) is 1. The average molecular weight is 275 g/mol. The van der Waals surface area contributed by atoms with Crippen molar-refractivity contribution >= 4 is 0 Å². The molecule has 0 radical (unpaired) electrons. The van der Waals surface area contributed by atoms with E-state index in [1.54, 1.807) is 0 Å². The number of nitrogens with zero attached hydrogens (tertiary/aromatic N) is 4. The van der Waals surface area contributed by atoms with Gasteiger partial charge < -0.3 is 5.32 Å². The molecule has 0 aliphatic heterocycles. The Morgan fingerprint density at radius 3 is 2.55 bits per heavy atom. The van der Waals surface area contributed by atoms with Gasteiger partial charge in [0.1, 0.15) is 0 Å². The maximum absolute atomic E-state index is 4.64. The molecule has 0 bridgehead atoms. The summed E-state index contributed by atoms with van der Waals surface area (Å²) in [6, 6.07) is 4.90. The van der Waals surface area contributed by atoms with E-state index in [1.807, 2.05) is 23.3 Å². The summed E-state index contributed by atoms with van der Waals surface area (Å²) in [7, 11) is 2.00. The maximum Gasteiger partial charge on any atom is 0.0644 e. The van der Waals surface area contributed by atoms with Gasteiger partial charge in [0.25, 0.3) is 0 Å². The van der Waals surface area contributed by atoms with Gasteiger partial charge in [-0.25, -0.2) is 0 Å². The van der Waals surface area contributed by atoms with Crippen LogP contribution in [0.1, 0.15) is 49.9 Å². The van der Waals surface area contributed by atoms with E-state index in [9.17, 15) is 0 Å². The highest BCUT2D eigenvalue weighted by molar-refractivity contribution is 5.16. The molecule has 0 saturated carbocycles. The molecule has 5 nitrogen and oxygen atoms in total. The minimum atomic E-state index is 0.252. The first-order valence-corrected chi connectivity index (χ1v) is 7.29. The number of hydrogen-bond donors (Lipinski definition) is 1. The minimum absolute atomic E-state index is 0.252. The van der Waals surface area contributed by atoms with Gasteiger partial charge >= 0.3 is 0 Å². The van der Waals surface area contributed by atoms with Gasteiger partial charge in [0, 0.05) is 25.7 Å². The number of rotatable bonds is 6. The zero-order valence-corrected chi connectivity index (χ0v) is 13.1. The summed E-state index contributed by atoms with van der Waals surface area (Å²) in [5.41, 5.74) is 3.38. The molecule has 0 saturated heterocycles. The summed E-state index contributed by atoms with van der Waals surface area (Å²) in [5, 5.41) is 12.6. The van der Waals surface area contributed by atoms with Crippen molar-refractivity contribution in [3.63, 3.8) is 0 Å². The van der Waals surface area contributed by atoms with Crippen LogP contribution in [0.15, 0.2) is 18.3 Å². The van der Waals surface area contributed by atoms with E-state index < -0.39 is 0 Å². The highest BCUT2D eigenvalue weighted by Gasteiger charge is 2.17. The summed E-state index contributed by atoms with van der Waals surface area (Å²) in [6.45, 7) is 9.37. The third-order valence-electron chi connectivity index (χ3n) is 3.45. The molecule has 0 fully saturated rings. The molecule has 0 aromatic carbocycles. The molecule has 0 amide bonds. The molecule has 2 aromatic heterocycles. The van der Waals surface area contributed by atoms with Gasteiger partial charge in [-0.3, -0.25) is 9.36 Å². The topological polar surface area (TPSA) is 47.7 Å². The second-order valence-corrected chi connectivity index (χ2v) is 5.53. The van der Waals surface area contributed by atoms with Crippen molar-refractivity contribution in [1.82, 2.24) is 24.9 Å². The lowest BCUT2D eigenvalue weighted by atomic mass is 10.1. The fourth-order valence-electron chi connectivity index (χ4n) is 2.47. The Morgan fingerprint density at radius 1 is 1.30 bits per heavy atom. The SMILES string of the molecule is CCNC(Cc1ccn(C(C)C)n1)c1cc(C)nn1C. The van der Waals surface area contributed by atoms with Gasteiger partial charge in [0.05, 0.1) is 23.1 Å². The van der Waals surface area contributed by atoms with E-state index in [4.69, 9.17) is 0 Å². The Kier molecular flexibility index (Phi) is 4.60. The second kappa shape index (κ2) is 6.22. The van der Waals surface area contributed by atoms with E-state index in [0.29, 0.717) is 6.04 Å². The molecule has 110 valence electrons. The molecule has 2 aromatic rings. The molecule has 0 aliphatic carbocycles.